The number of rotatable bonds is 4. The monoisotopic (exact) mass is 371 g/mol. The van der Waals surface area contributed by atoms with Crippen LogP contribution in [0.2, 0.25) is 5.02 Å². The summed E-state index contributed by atoms with van der Waals surface area (Å²) >= 11 is 6.19. The predicted octanol–water partition coefficient (Wildman–Crippen LogP) is 3.17. The molecule has 138 valence electrons. The van der Waals surface area contributed by atoms with Crippen LogP contribution >= 0.6 is 11.6 Å². The van der Waals surface area contributed by atoms with E-state index in [0.717, 1.165) is 37.0 Å². The number of nitrogens with zero attached hydrogens (tertiary/aromatic N) is 4. The lowest BCUT2D eigenvalue weighted by Gasteiger charge is -2.24. The lowest BCUT2D eigenvalue weighted by atomic mass is 9.96. The van der Waals surface area contributed by atoms with E-state index in [0.29, 0.717) is 5.92 Å². The Morgan fingerprint density at radius 1 is 1.42 bits per heavy atom. The van der Waals surface area contributed by atoms with Crippen LogP contribution in [0.1, 0.15) is 36.3 Å². The van der Waals surface area contributed by atoms with Crippen molar-refractivity contribution in [2.45, 2.75) is 30.6 Å². The molecule has 26 heavy (non-hydrogen) atoms. The van der Waals surface area contributed by atoms with Crippen molar-refractivity contribution in [3.8, 4) is 0 Å². The van der Waals surface area contributed by atoms with E-state index in [9.17, 15) is 0 Å². The molecule has 2 aliphatic rings. The van der Waals surface area contributed by atoms with Crippen LogP contribution in [-0.4, -0.2) is 47.3 Å². The molecular formula is C20H26ClN5. The third kappa shape index (κ3) is 3.45. The van der Waals surface area contributed by atoms with Crippen molar-refractivity contribution < 1.29 is 0 Å². The van der Waals surface area contributed by atoms with E-state index >= 15 is 0 Å². The second-order valence-corrected chi connectivity index (χ2v) is 8.01. The Bertz CT molecular complexity index is 808. The first-order valence-electron chi connectivity index (χ1n) is 9.30. The van der Waals surface area contributed by atoms with E-state index in [1.165, 1.54) is 24.0 Å². The van der Waals surface area contributed by atoms with Gasteiger partial charge in [-0.1, -0.05) is 23.7 Å². The summed E-state index contributed by atoms with van der Waals surface area (Å²) in [5.41, 5.74) is 2.87. The van der Waals surface area contributed by atoms with Crippen LogP contribution in [0.3, 0.4) is 0 Å². The molecule has 0 amide bonds. The topological polar surface area (TPSA) is 45.5 Å². The summed E-state index contributed by atoms with van der Waals surface area (Å²) in [6.45, 7) is 2.94. The lowest BCUT2D eigenvalue weighted by Crippen LogP contribution is -2.43. The Morgan fingerprint density at radius 2 is 2.27 bits per heavy atom. The van der Waals surface area contributed by atoms with Crippen LogP contribution in [0.5, 0.6) is 0 Å². The number of halogens is 1. The average molecular weight is 372 g/mol. The molecule has 2 fully saturated rings. The molecule has 0 bridgehead atoms. The summed E-state index contributed by atoms with van der Waals surface area (Å²) in [4.78, 5) is 6.90. The van der Waals surface area contributed by atoms with Crippen molar-refractivity contribution in [3.63, 3.8) is 0 Å². The van der Waals surface area contributed by atoms with Crippen LogP contribution < -0.4 is 5.32 Å². The molecule has 1 aromatic carbocycles. The highest BCUT2D eigenvalue weighted by Gasteiger charge is 2.44. The van der Waals surface area contributed by atoms with Gasteiger partial charge in [-0.25, -0.2) is 0 Å². The van der Waals surface area contributed by atoms with E-state index in [1.54, 1.807) is 0 Å². The summed E-state index contributed by atoms with van der Waals surface area (Å²) in [5.74, 6) is 1.54. The largest absolute Gasteiger partial charge is 0.355 e. The van der Waals surface area contributed by atoms with Crippen LogP contribution in [0.15, 0.2) is 41.7 Å². The fourth-order valence-corrected chi connectivity index (χ4v) is 4.18. The SMILES string of the molecule is CN=C(NCC1(c2cccc(Cl)c2)CC1)N1CCC(c2cnn(C)c2)C1. The predicted molar refractivity (Wildman–Crippen MR) is 106 cm³/mol. The van der Waals surface area contributed by atoms with E-state index < -0.39 is 0 Å². The van der Waals surface area contributed by atoms with Gasteiger partial charge in [0.2, 0.25) is 0 Å². The average Bonchev–Trinajstić information content (AvgIpc) is 3.05. The van der Waals surface area contributed by atoms with Crippen LogP contribution in [-0.2, 0) is 12.5 Å². The number of nitrogens with one attached hydrogen (secondary N) is 1. The van der Waals surface area contributed by atoms with Crippen molar-refractivity contribution >= 4 is 17.6 Å². The third-order valence-electron chi connectivity index (χ3n) is 5.77. The zero-order chi connectivity index (χ0) is 18.1. The molecular weight excluding hydrogens is 346 g/mol. The highest BCUT2D eigenvalue weighted by Crippen LogP contribution is 2.48. The van der Waals surface area contributed by atoms with Gasteiger partial charge in [0.15, 0.2) is 5.96 Å². The maximum absolute atomic E-state index is 6.19. The minimum atomic E-state index is 0.212. The Morgan fingerprint density at radius 3 is 2.92 bits per heavy atom. The minimum Gasteiger partial charge on any atom is -0.355 e. The molecule has 1 atom stereocenters. The molecule has 0 radical (unpaired) electrons. The molecule has 1 aliphatic heterocycles. The molecule has 1 N–H and O–H groups in total. The molecule has 1 saturated carbocycles. The zero-order valence-corrected chi connectivity index (χ0v) is 16.2. The van der Waals surface area contributed by atoms with Crippen molar-refractivity contribution in [3.05, 3.63) is 52.8 Å². The van der Waals surface area contributed by atoms with Gasteiger partial charge >= 0.3 is 0 Å². The van der Waals surface area contributed by atoms with Gasteiger partial charge in [0.1, 0.15) is 0 Å². The molecule has 1 unspecified atom stereocenters. The van der Waals surface area contributed by atoms with Gasteiger partial charge in [0, 0.05) is 56.3 Å². The van der Waals surface area contributed by atoms with Gasteiger partial charge in [-0.2, -0.15) is 5.10 Å². The van der Waals surface area contributed by atoms with Gasteiger partial charge in [-0.15, -0.1) is 0 Å². The van der Waals surface area contributed by atoms with E-state index in [2.05, 4.69) is 38.6 Å². The maximum atomic E-state index is 6.19. The van der Waals surface area contributed by atoms with Gasteiger partial charge in [-0.05, 0) is 42.5 Å². The number of hydrogen-bond acceptors (Lipinski definition) is 2. The first-order chi connectivity index (χ1) is 12.6. The number of benzene rings is 1. The molecule has 1 saturated heterocycles. The molecule has 1 aromatic heterocycles. The van der Waals surface area contributed by atoms with Crippen LogP contribution in [0.25, 0.3) is 0 Å². The van der Waals surface area contributed by atoms with Gasteiger partial charge < -0.3 is 10.2 Å². The highest BCUT2D eigenvalue weighted by atomic mass is 35.5. The quantitative estimate of drug-likeness (QED) is 0.663. The molecule has 2 heterocycles. The Hall–Kier alpha value is -2.01. The first kappa shape index (κ1) is 17.4. The summed E-state index contributed by atoms with van der Waals surface area (Å²) < 4.78 is 1.88. The summed E-state index contributed by atoms with van der Waals surface area (Å²) in [6.07, 6.45) is 7.67. The van der Waals surface area contributed by atoms with Crippen molar-refractivity contribution in [1.29, 1.82) is 0 Å². The number of guanidine groups is 1. The summed E-state index contributed by atoms with van der Waals surface area (Å²) in [7, 11) is 3.85. The molecule has 4 rings (SSSR count). The summed E-state index contributed by atoms with van der Waals surface area (Å²) in [5, 5.41) is 8.75. The normalized spacial score (nSPS) is 21.9. The molecule has 5 nitrogen and oxygen atoms in total. The second-order valence-electron chi connectivity index (χ2n) is 7.57. The maximum Gasteiger partial charge on any atom is 0.193 e. The van der Waals surface area contributed by atoms with Crippen molar-refractivity contribution in [1.82, 2.24) is 20.0 Å². The van der Waals surface area contributed by atoms with E-state index in [4.69, 9.17) is 11.6 Å². The smallest absolute Gasteiger partial charge is 0.193 e. The zero-order valence-electron chi connectivity index (χ0n) is 15.5. The highest BCUT2D eigenvalue weighted by molar-refractivity contribution is 6.30. The number of hydrogen-bond donors (Lipinski definition) is 1. The fraction of sp³-hybridized carbons (Fsp3) is 0.500. The Balaban J connectivity index is 1.38. The molecule has 2 aromatic rings. The van der Waals surface area contributed by atoms with Gasteiger partial charge in [0.25, 0.3) is 0 Å². The molecule has 0 spiro atoms. The van der Waals surface area contributed by atoms with Crippen LogP contribution in [0, 0.1) is 0 Å². The second kappa shape index (κ2) is 6.95. The van der Waals surface area contributed by atoms with Gasteiger partial charge in [0.05, 0.1) is 6.20 Å². The van der Waals surface area contributed by atoms with Gasteiger partial charge in [-0.3, -0.25) is 9.67 Å². The first-order valence-corrected chi connectivity index (χ1v) is 9.68. The Kier molecular flexibility index (Phi) is 4.65. The van der Waals surface area contributed by atoms with E-state index in [-0.39, 0.29) is 5.41 Å². The van der Waals surface area contributed by atoms with E-state index in [1.807, 2.05) is 37.1 Å². The number of aromatic nitrogens is 2. The standard InChI is InChI=1S/C20H26ClN5/c1-22-19(26-9-6-15(13-26)16-11-24-25(2)12-16)23-14-20(7-8-20)17-4-3-5-18(21)10-17/h3-5,10-12,15H,6-9,13-14H2,1-2H3,(H,22,23). The number of aryl methyl sites for hydroxylation is 1. The number of aliphatic imine (C=N–C) groups is 1. The Labute approximate surface area is 160 Å². The lowest BCUT2D eigenvalue weighted by molar-refractivity contribution is 0.478. The van der Waals surface area contributed by atoms with Crippen molar-refractivity contribution in [2.24, 2.45) is 12.0 Å². The minimum absolute atomic E-state index is 0.212. The third-order valence-corrected chi connectivity index (χ3v) is 6.01. The molecule has 6 heteroatoms. The van der Waals surface area contributed by atoms with Crippen LogP contribution in [0.4, 0.5) is 0 Å². The molecule has 1 aliphatic carbocycles. The number of likely N-dealkylation sites (tertiary alicyclic amines) is 1. The van der Waals surface area contributed by atoms with Crippen molar-refractivity contribution in [2.75, 3.05) is 26.7 Å². The fourth-order valence-electron chi connectivity index (χ4n) is 3.99. The summed E-state index contributed by atoms with van der Waals surface area (Å²) in [6, 6.07) is 8.28.